The highest BCUT2D eigenvalue weighted by atomic mass is 35.5. The summed E-state index contributed by atoms with van der Waals surface area (Å²) in [6.07, 6.45) is 5.02. The number of carbonyl (C=O) groups is 2. The Hall–Kier alpha value is -0.310. The van der Waals surface area contributed by atoms with E-state index in [0.29, 0.717) is 5.57 Å². The van der Waals surface area contributed by atoms with Gasteiger partial charge in [0.2, 0.25) is 11.6 Å². The molecular formula is C12H11Cl3O2. The standard InChI is InChI=1S/C12H11Cl3O2/c13-8-7(6-4-2-1-3-5-6)11(16)9(14)10(15)12(8)17/h6H,1-5H2. The Balaban J connectivity index is 2.38. The van der Waals surface area contributed by atoms with Crippen LogP contribution in [-0.4, -0.2) is 11.6 Å². The molecule has 0 radical (unpaired) electrons. The van der Waals surface area contributed by atoms with E-state index in [-0.39, 0.29) is 26.8 Å². The summed E-state index contributed by atoms with van der Waals surface area (Å²) in [4.78, 5) is 23.7. The van der Waals surface area contributed by atoms with Crippen molar-refractivity contribution in [1.82, 2.24) is 0 Å². The minimum Gasteiger partial charge on any atom is -0.288 e. The quantitative estimate of drug-likeness (QED) is 0.687. The molecule has 0 heterocycles. The van der Waals surface area contributed by atoms with E-state index in [1.807, 2.05) is 0 Å². The van der Waals surface area contributed by atoms with Crippen LogP contribution in [0.15, 0.2) is 20.7 Å². The summed E-state index contributed by atoms with van der Waals surface area (Å²) in [5.74, 6) is -0.863. The number of carbonyl (C=O) groups excluding carboxylic acids is 2. The van der Waals surface area contributed by atoms with Gasteiger partial charge in [0, 0.05) is 5.57 Å². The summed E-state index contributed by atoms with van der Waals surface area (Å²) < 4.78 is 0. The average molecular weight is 294 g/mol. The molecule has 2 nitrogen and oxygen atoms in total. The molecule has 0 aromatic heterocycles. The van der Waals surface area contributed by atoms with Gasteiger partial charge in [-0.25, -0.2) is 0 Å². The molecule has 2 aliphatic rings. The van der Waals surface area contributed by atoms with Gasteiger partial charge in [0.15, 0.2) is 0 Å². The van der Waals surface area contributed by atoms with Crippen LogP contribution in [0.25, 0.3) is 0 Å². The van der Waals surface area contributed by atoms with Crippen LogP contribution in [0, 0.1) is 5.92 Å². The van der Waals surface area contributed by atoms with Gasteiger partial charge in [-0.3, -0.25) is 9.59 Å². The summed E-state index contributed by atoms with van der Waals surface area (Å²) in [7, 11) is 0. The smallest absolute Gasteiger partial charge is 0.217 e. The summed E-state index contributed by atoms with van der Waals surface area (Å²) >= 11 is 17.4. The van der Waals surface area contributed by atoms with Crippen molar-refractivity contribution in [2.75, 3.05) is 0 Å². The number of rotatable bonds is 1. The van der Waals surface area contributed by atoms with Gasteiger partial charge in [0.05, 0.1) is 5.03 Å². The normalized spacial score (nSPS) is 23.7. The first-order valence-electron chi connectivity index (χ1n) is 5.58. The van der Waals surface area contributed by atoms with Crippen LogP contribution in [0.2, 0.25) is 0 Å². The lowest BCUT2D eigenvalue weighted by molar-refractivity contribution is -0.115. The molecule has 17 heavy (non-hydrogen) atoms. The Morgan fingerprint density at radius 3 is 1.88 bits per heavy atom. The maximum atomic E-state index is 12.0. The highest BCUT2D eigenvalue weighted by Crippen LogP contribution is 2.39. The molecule has 92 valence electrons. The van der Waals surface area contributed by atoms with E-state index in [1.54, 1.807) is 0 Å². The van der Waals surface area contributed by atoms with Gasteiger partial charge in [-0.1, -0.05) is 54.1 Å². The second-order valence-corrected chi connectivity index (χ2v) is 5.48. The van der Waals surface area contributed by atoms with E-state index in [9.17, 15) is 9.59 Å². The second-order valence-electron chi connectivity index (χ2n) is 4.35. The van der Waals surface area contributed by atoms with Crippen LogP contribution < -0.4 is 0 Å². The van der Waals surface area contributed by atoms with Gasteiger partial charge in [-0.15, -0.1) is 0 Å². The topological polar surface area (TPSA) is 34.1 Å². The molecule has 0 saturated heterocycles. The first kappa shape index (κ1) is 13.1. The van der Waals surface area contributed by atoms with E-state index >= 15 is 0 Å². The molecule has 1 fully saturated rings. The Morgan fingerprint density at radius 2 is 1.29 bits per heavy atom. The molecule has 0 atom stereocenters. The molecule has 1 saturated carbocycles. The lowest BCUT2D eigenvalue weighted by Gasteiger charge is -2.26. The fourth-order valence-electron chi connectivity index (χ4n) is 2.39. The Labute approximate surface area is 115 Å². The van der Waals surface area contributed by atoms with Crippen LogP contribution in [0.3, 0.4) is 0 Å². The fourth-order valence-corrected chi connectivity index (χ4v) is 3.14. The molecule has 0 spiro atoms. The Bertz CT molecular complexity index is 443. The number of allylic oxidation sites excluding steroid dienone is 4. The highest BCUT2D eigenvalue weighted by Gasteiger charge is 2.36. The Morgan fingerprint density at radius 1 is 0.765 bits per heavy atom. The fraction of sp³-hybridized carbons (Fsp3) is 0.500. The summed E-state index contributed by atoms with van der Waals surface area (Å²) in [5.41, 5.74) is 0.366. The predicted octanol–water partition coefficient (Wildman–Crippen LogP) is 3.90. The van der Waals surface area contributed by atoms with Crippen molar-refractivity contribution < 1.29 is 9.59 Å². The average Bonchev–Trinajstić information content (AvgIpc) is 2.36. The van der Waals surface area contributed by atoms with E-state index in [1.165, 1.54) is 0 Å². The van der Waals surface area contributed by atoms with Gasteiger partial charge in [0.25, 0.3) is 0 Å². The molecule has 0 aliphatic heterocycles. The monoisotopic (exact) mass is 292 g/mol. The molecule has 0 bridgehead atoms. The number of hydrogen-bond acceptors (Lipinski definition) is 2. The van der Waals surface area contributed by atoms with Crippen molar-refractivity contribution >= 4 is 46.4 Å². The van der Waals surface area contributed by atoms with Crippen LogP contribution in [0.5, 0.6) is 0 Å². The van der Waals surface area contributed by atoms with Crippen LogP contribution in [0.4, 0.5) is 0 Å². The largest absolute Gasteiger partial charge is 0.288 e. The maximum Gasteiger partial charge on any atom is 0.217 e. The van der Waals surface area contributed by atoms with E-state index in [4.69, 9.17) is 34.8 Å². The zero-order chi connectivity index (χ0) is 12.6. The second kappa shape index (κ2) is 5.13. The minimum absolute atomic E-state index is 0.0451. The van der Waals surface area contributed by atoms with Gasteiger partial charge in [-0.05, 0) is 18.8 Å². The number of ketones is 2. The molecule has 0 aromatic carbocycles. The van der Waals surface area contributed by atoms with Gasteiger partial charge in [0.1, 0.15) is 10.1 Å². The van der Waals surface area contributed by atoms with Crippen molar-refractivity contribution in [3.05, 3.63) is 20.7 Å². The summed E-state index contributed by atoms with van der Waals surface area (Å²) in [6.45, 7) is 0. The number of hydrogen-bond donors (Lipinski definition) is 0. The first-order valence-corrected chi connectivity index (χ1v) is 6.71. The van der Waals surface area contributed by atoms with Crippen LogP contribution in [-0.2, 0) is 9.59 Å². The van der Waals surface area contributed by atoms with Gasteiger partial charge >= 0.3 is 0 Å². The van der Waals surface area contributed by atoms with E-state index in [0.717, 1.165) is 32.1 Å². The zero-order valence-corrected chi connectivity index (χ0v) is 11.3. The minimum atomic E-state index is -0.529. The van der Waals surface area contributed by atoms with Crippen molar-refractivity contribution in [2.24, 2.45) is 5.92 Å². The van der Waals surface area contributed by atoms with Gasteiger partial charge in [-0.2, -0.15) is 0 Å². The van der Waals surface area contributed by atoms with E-state index < -0.39 is 5.78 Å². The molecule has 0 N–H and O–H groups in total. The summed E-state index contributed by atoms with van der Waals surface area (Å²) in [6, 6.07) is 0. The SMILES string of the molecule is O=C1C(Cl)=C(Cl)C(=O)C(C2CCCCC2)=C1Cl. The van der Waals surface area contributed by atoms with Crippen LogP contribution >= 0.6 is 34.8 Å². The van der Waals surface area contributed by atoms with Crippen molar-refractivity contribution in [3.8, 4) is 0 Å². The molecule has 5 heteroatoms. The molecule has 0 aromatic rings. The van der Waals surface area contributed by atoms with E-state index in [2.05, 4.69) is 0 Å². The maximum absolute atomic E-state index is 12.0. The molecular weight excluding hydrogens is 282 g/mol. The zero-order valence-electron chi connectivity index (χ0n) is 9.06. The summed E-state index contributed by atoms with van der Waals surface area (Å²) in [5, 5.41) is -0.501. The third kappa shape index (κ3) is 2.31. The predicted molar refractivity (Wildman–Crippen MR) is 68.2 cm³/mol. The lowest BCUT2D eigenvalue weighted by atomic mass is 9.80. The third-order valence-corrected chi connectivity index (χ3v) is 4.48. The van der Waals surface area contributed by atoms with Crippen molar-refractivity contribution in [1.29, 1.82) is 0 Å². The third-order valence-electron chi connectivity index (χ3n) is 3.29. The molecule has 0 amide bonds. The van der Waals surface area contributed by atoms with Crippen molar-refractivity contribution in [3.63, 3.8) is 0 Å². The number of Topliss-reactive ketones (excluding diaryl/α,β-unsaturated/α-hetero) is 2. The molecule has 2 rings (SSSR count). The van der Waals surface area contributed by atoms with Crippen molar-refractivity contribution in [2.45, 2.75) is 32.1 Å². The van der Waals surface area contributed by atoms with Gasteiger partial charge < -0.3 is 0 Å². The van der Waals surface area contributed by atoms with Crippen LogP contribution in [0.1, 0.15) is 32.1 Å². The first-order chi connectivity index (χ1) is 8.04. The Kier molecular flexibility index (Phi) is 3.96. The number of halogens is 3. The highest BCUT2D eigenvalue weighted by molar-refractivity contribution is 6.64. The molecule has 0 unspecified atom stereocenters. The molecule has 2 aliphatic carbocycles. The lowest BCUT2D eigenvalue weighted by Crippen LogP contribution is -2.24.